The summed E-state index contributed by atoms with van der Waals surface area (Å²) in [7, 11) is 0. The van der Waals surface area contributed by atoms with Crippen molar-refractivity contribution in [2.45, 2.75) is 44.2 Å². The zero-order chi connectivity index (χ0) is 14.5. The third kappa shape index (κ3) is 4.27. The maximum atomic E-state index is 10.3. The molecule has 0 saturated carbocycles. The normalized spacial score (nSPS) is 28.6. The van der Waals surface area contributed by atoms with Gasteiger partial charge in [0.05, 0.1) is 12.2 Å². The third-order valence-electron chi connectivity index (χ3n) is 4.33. The summed E-state index contributed by atoms with van der Waals surface area (Å²) in [5.41, 5.74) is 0.984. The topological polar surface area (TPSA) is 41.9 Å². The van der Waals surface area contributed by atoms with E-state index in [1.54, 1.807) is 0 Å². The van der Waals surface area contributed by atoms with Gasteiger partial charge in [-0.3, -0.25) is 4.90 Å². The third-order valence-corrected chi connectivity index (χ3v) is 4.33. The lowest BCUT2D eigenvalue weighted by Gasteiger charge is -2.26. The fourth-order valence-electron chi connectivity index (χ4n) is 3.13. The second-order valence-corrected chi connectivity index (χ2v) is 6.03. The number of β-amino-alcohol motifs (C(OH)–C–C–N with tert-alkyl or cyclic N) is 1. The predicted octanol–water partition coefficient (Wildman–Crippen LogP) is 2.34. The number of benzene rings is 1. The van der Waals surface area contributed by atoms with E-state index in [1.165, 1.54) is 6.42 Å². The number of nitrogens with zero attached hydrogens (tertiary/aromatic N) is 1. The molecule has 0 bridgehead atoms. The summed E-state index contributed by atoms with van der Waals surface area (Å²) in [6, 6.07) is 9.86. The first-order chi connectivity index (χ1) is 10.3. The monoisotopic (exact) mass is 291 g/mol. The maximum absolute atomic E-state index is 10.3. The van der Waals surface area contributed by atoms with Crippen LogP contribution in [0.15, 0.2) is 30.3 Å². The smallest absolute Gasteiger partial charge is 0.158 e. The first-order valence-electron chi connectivity index (χ1n) is 8.04. The van der Waals surface area contributed by atoms with Crippen LogP contribution in [0.5, 0.6) is 0 Å². The Morgan fingerprint density at radius 2 is 2.10 bits per heavy atom. The SMILES string of the molecule is O[C@@H](CN1CC[C@H](OC2CCCCO2)C1)c1ccccc1. The molecule has 0 spiro atoms. The fourth-order valence-corrected chi connectivity index (χ4v) is 3.13. The van der Waals surface area contributed by atoms with Crippen molar-refractivity contribution in [3.05, 3.63) is 35.9 Å². The molecule has 4 nitrogen and oxygen atoms in total. The number of aliphatic hydroxyl groups excluding tert-OH is 1. The number of hydrogen-bond acceptors (Lipinski definition) is 4. The standard InChI is InChI=1S/C17H25NO3/c19-16(14-6-2-1-3-7-14)13-18-10-9-15(12-18)21-17-8-4-5-11-20-17/h1-3,6-7,15-17,19H,4-5,8-13H2/t15-,16-,17?/m0/s1. The Balaban J connectivity index is 1.44. The van der Waals surface area contributed by atoms with Crippen LogP contribution in [-0.2, 0) is 9.47 Å². The van der Waals surface area contributed by atoms with E-state index < -0.39 is 6.10 Å². The summed E-state index contributed by atoms with van der Waals surface area (Å²) >= 11 is 0. The molecule has 2 heterocycles. The van der Waals surface area contributed by atoms with Gasteiger partial charge in [-0.1, -0.05) is 30.3 Å². The molecule has 1 N–H and O–H groups in total. The van der Waals surface area contributed by atoms with Gasteiger partial charge in [-0.15, -0.1) is 0 Å². The molecular formula is C17H25NO3. The van der Waals surface area contributed by atoms with Gasteiger partial charge in [-0.2, -0.15) is 0 Å². The Morgan fingerprint density at radius 3 is 2.86 bits per heavy atom. The van der Waals surface area contributed by atoms with Gasteiger partial charge in [-0.25, -0.2) is 0 Å². The van der Waals surface area contributed by atoms with Crippen molar-refractivity contribution in [2.75, 3.05) is 26.2 Å². The zero-order valence-electron chi connectivity index (χ0n) is 12.5. The van der Waals surface area contributed by atoms with Crippen LogP contribution >= 0.6 is 0 Å². The molecule has 1 aromatic carbocycles. The highest BCUT2D eigenvalue weighted by atomic mass is 16.7. The van der Waals surface area contributed by atoms with Gasteiger partial charge in [0.2, 0.25) is 0 Å². The van der Waals surface area contributed by atoms with Crippen LogP contribution in [0.4, 0.5) is 0 Å². The Hall–Kier alpha value is -0.940. The Bertz CT molecular complexity index is 419. The summed E-state index contributed by atoms with van der Waals surface area (Å²) in [5.74, 6) is 0. The number of hydrogen-bond donors (Lipinski definition) is 1. The van der Waals surface area contributed by atoms with E-state index in [2.05, 4.69) is 4.90 Å². The second-order valence-electron chi connectivity index (χ2n) is 6.03. The summed E-state index contributed by atoms with van der Waals surface area (Å²) < 4.78 is 11.7. The van der Waals surface area contributed by atoms with Crippen LogP contribution in [0.25, 0.3) is 0 Å². The molecule has 0 radical (unpaired) electrons. The van der Waals surface area contributed by atoms with Crippen molar-refractivity contribution in [3.63, 3.8) is 0 Å². The number of ether oxygens (including phenoxy) is 2. The first-order valence-corrected chi connectivity index (χ1v) is 8.04. The summed E-state index contributed by atoms with van der Waals surface area (Å²) in [4.78, 5) is 2.28. The van der Waals surface area contributed by atoms with Gasteiger partial charge < -0.3 is 14.6 Å². The predicted molar refractivity (Wildman–Crippen MR) is 80.9 cm³/mol. The molecule has 1 unspecified atom stereocenters. The lowest BCUT2D eigenvalue weighted by molar-refractivity contribution is -0.185. The van der Waals surface area contributed by atoms with Crippen LogP contribution in [0.1, 0.15) is 37.4 Å². The van der Waals surface area contributed by atoms with Crippen molar-refractivity contribution in [1.82, 2.24) is 4.90 Å². The fraction of sp³-hybridized carbons (Fsp3) is 0.647. The molecule has 0 amide bonds. The van der Waals surface area contributed by atoms with Crippen molar-refractivity contribution in [2.24, 2.45) is 0 Å². The van der Waals surface area contributed by atoms with E-state index in [9.17, 15) is 5.11 Å². The summed E-state index contributed by atoms with van der Waals surface area (Å²) in [5, 5.41) is 10.3. The number of aliphatic hydroxyl groups is 1. The van der Waals surface area contributed by atoms with Crippen LogP contribution < -0.4 is 0 Å². The molecule has 3 atom stereocenters. The van der Waals surface area contributed by atoms with Gasteiger partial charge in [0, 0.05) is 26.2 Å². The average molecular weight is 291 g/mol. The van der Waals surface area contributed by atoms with Crippen LogP contribution in [0.2, 0.25) is 0 Å². The quantitative estimate of drug-likeness (QED) is 0.904. The van der Waals surface area contributed by atoms with Crippen molar-refractivity contribution in [3.8, 4) is 0 Å². The Labute approximate surface area is 126 Å². The maximum Gasteiger partial charge on any atom is 0.158 e. The summed E-state index contributed by atoms with van der Waals surface area (Å²) in [6.45, 7) is 3.38. The van der Waals surface area contributed by atoms with Gasteiger partial charge >= 0.3 is 0 Å². The minimum Gasteiger partial charge on any atom is -0.387 e. The van der Waals surface area contributed by atoms with Crippen molar-refractivity contribution < 1.29 is 14.6 Å². The molecule has 0 aliphatic carbocycles. The highest BCUT2D eigenvalue weighted by molar-refractivity contribution is 5.17. The molecule has 0 aromatic heterocycles. The highest BCUT2D eigenvalue weighted by Gasteiger charge is 2.28. The molecule has 116 valence electrons. The molecule has 4 heteroatoms. The number of likely N-dealkylation sites (tertiary alicyclic amines) is 1. The van der Waals surface area contributed by atoms with Crippen molar-refractivity contribution in [1.29, 1.82) is 0 Å². The van der Waals surface area contributed by atoms with Crippen LogP contribution in [-0.4, -0.2) is 48.6 Å². The molecule has 2 aliphatic rings. The first kappa shape index (κ1) is 15.0. The van der Waals surface area contributed by atoms with E-state index in [0.717, 1.165) is 44.5 Å². The molecule has 2 aliphatic heterocycles. The Morgan fingerprint density at radius 1 is 1.24 bits per heavy atom. The van der Waals surface area contributed by atoms with Gasteiger partial charge in [-0.05, 0) is 31.2 Å². The Kier molecular flexibility index (Phi) is 5.25. The van der Waals surface area contributed by atoms with Crippen molar-refractivity contribution >= 4 is 0 Å². The zero-order valence-corrected chi connectivity index (χ0v) is 12.5. The van der Waals surface area contributed by atoms with E-state index >= 15 is 0 Å². The van der Waals surface area contributed by atoms with E-state index in [1.807, 2.05) is 30.3 Å². The minimum absolute atomic E-state index is 0.0113. The molecule has 2 fully saturated rings. The van der Waals surface area contributed by atoms with Gasteiger partial charge in [0.25, 0.3) is 0 Å². The average Bonchev–Trinajstić information content (AvgIpc) is 2.96. The molecule has 21 heavy (non-hydrogen) atoms. The summed E-state index contributed by atoms with van der Waals surface area (Å²) in [6.07, 6.45) is 4.22. The minimum atomic E-state index is -0.420. The molecular weight excluding hydrogens is 266 g/mol. The molecule has 2 saturated heterocycles. The van der Waals surface area contributed by atoms with Gasteiger partial charge in [0.15, 0.2) is 6.29 Å². The second kappa shape index (κ2) is 7.36. The molecule has 3 rings (SSSR count). The van der Waals surface area contributed by atoms with Crippen LogP contribution in [0.3, 0.4) is 0 Å². The van der Waals surface area contributed by atoms with Gasteiger partial charge in [0.1, 0.15) is 0 Å². The van der Waals surface area contributed by atoms with E-state index in [-0.39, 0.29) is 12.4 Å². The molecule has 1 aromatic rings. The van der Waals surface area contributed by atoms with Crippen LogP contribution in [0, 0.1) is 0 Å². The van der Waals surface area contributed by atoms with E-state index in [0.29, 0.717) is 6.54 Å². The number of rotatable bonds is 5. The van der Waals surface area contributed by atoms with E-state index in [4.69, 9.17) is 9.47 Å². The largest absolute Gasteiger partial charge is 0.387 e. The lowest BCUT2D eigenvalue weighted by Crippen LogP contribution is -2.31. The lowest BCUT2D eigenvalue weighted by atomic mass is 10.1. The highest BCUT2D eigenvalue weighted by Crippen LogP contribution is 2.22.